The SMILES string of the molecule is CCN(CC(=O)NCc1ccc(Cl)s1)Cc1ccc2c(c1)OCO2. The second-order valence-corrected chi connectivity index (χ2v) is 7.27. The van der Waals surface area contributed by atoms with Crippen LogP contribution in [0, 0.1) is 0 Å². The van der Waals surface area contributed by atoms with Gasteiger partial charge in [-0.3, -0.25) is 9.69 Å². The van der Waals surface area contributed by atoms with Crippen molar-refractivity contribution in [3.8, 4) is 11.5 Å². The summed E-state index contributed by atoms with van der Waals surface area (Å²) in [6.45, 7) is 4.64. The Balaban J connectivity index is 1.51. The normalized spacial score (nSPS) is 12.6. The molecule has 0 unspecified atom stereocenters. The highest BCUT2D eigenvalue weighted by atomic mass is 35.5. The molecule has 0 bridgehead atoms. The number of amides is 1. The average molecular weight is 367 g/mol. The van der Waals surface area contributed by atoms with Crippen molar-refractivity contribution >= 4 is 28.8 Å². The lowest BCUT2D eigenvalue weighted by atomic mass is 10.2. The third-order valence-corrected chi connectivity index (χ3v) is 4.98. The van der Waals surface area contributed by atoms with Crippen LogP contribution < -0.4 is 14.8 Å². The molecule has 1 N–H and O–H groups in total. The maximum absolute atomic E-state index is 12.1. The van der Waals surface area contributed by atoms with Crippen LogP contribution in [0.15, 0.2) is 30.3 Å². The molecule has 1 aliphatic rings. The summed E-state index contributed by atoms with van der Waals surface area (Å²) in [6, 6.07) is 9.65. The number of nitrogens with zero attached hydrogens (tertiary/aromatic N) is 1. The van der Waals surface area contributed by atoms with E-state index in [1.807, 2.05) is 37.3 Å². The maximum atomic E-state index is 12.1. The molecule has 24 heavy (non-hydrogen) atoms. The molecule has 0 saturated heterocycles. The zero-order valence-electron chi connectivity index (χ0n) is 13.4. The molecule has 0 saturated carbocycles. The molecule has 1 aromatic heterocycles. The Morgan fingerprint density at radius 1 is 1.29 bits per heavy atom. The molecule has 7 heteroatoms. The summed E-state index contributed by atoms with van der Waals surface area (Å²) in [5, 5.41) is 2.93. The number of thiophene rings is 1. The van der Waals surface area contributed by atoms with Crippen molar-refractivity contribution in [3.05, 3.63) is 45.1 Å². The molecule has 3 rings (SSSR count). The molecule has 1 aromatic carbocycles. The topological polar surface area (TPSA) is 50.8 Å². The Bertz CT molecular complexity index is 720. The second-order valence-electron chi connectivity index (χ2n) is 5.47. The number of likely N-dealkylation sites (N-methyl/N-ethyl adjacent to an activating group) is 1. The van der Waals surface area contributed by atoms with Gasteiger partial charge in [0.25, 0.3) is 0 Å². The van der Waals surface area contributed by atoms with E-state index >= 15 is 0 Å². The van der Waals surface area contributed by atoms with Crippen LogP contribution in [0.4, 0.5) is 0 Å². The molecule has 0 spiro atoms. The number of nitrogens with one attached hydrogen (secondary N) is 1. The monoisotopic (exact) mass is 366 g/mol. The Morgan fingerprint density at radius 3 is 2.88 bits per heavy atom. The zero-order valence-corrected chi connectivity index (χ0v) is 15.0. The number of carbonyl (C=O) groups excluding carboxylic acids is 1. The van der Waals surface area contributed by atoms with Gasteiger partial charge >= 0.3 is 0 Å². The minimum absolute atomic E-state index is 0.00196. The van der Waals surface area contributed by atoms with Gasteiger partial charge in [0.1, 0.15) is 0 Å². The minimum Gasteiger partial charge on any atom is -0.454 e. The fourth-order valence-electron chi connectivity index (χ4n) is 2.47. The van der Waals surface area contributed by atoms with Crippen LogP contribution in [0.25, 0.3) is 0 Å². The minimum atomic E-state index is 0.00196. The van der Waals surface area contributed by atoms with E-state index in [4.69, 9.17) is 21.1 Å². The highest BCUT2D eigenvalue weighted by molar-refractivity contribution is 7.16. The molecular weight excluding hydrogens is 348 g/mol. The van der Waals surface area contributed by atoms with Crippen LogP contribution in [0.3, 0.4) is 0 Å². The second kappa shape index (κ2) is 7.88. The smallest absolute Gasteiger partial charge is 0.234 e. The Hall–Kier alpha value is -1.76. The number of hydrogen-bond acceptors (Lipinski definition) is 5. The van der Waals surface area contributed by atoms with Gasteiger partial charge in [0.15, 0.2) is 11.5 Å². The van der Waals surface area contributed by atoms with Crippen molar-refractivity contribution in [1.29, 1.82) is 0 Å². The molecule has 1 amide bonds. The zero-order chi connectivity index (χ0) is 16.9. The molecular formula is C17H19ClN2O3S. The number of rotatable bonds is 7. The van der Waals surface area contributed by atoms with E-state index in [0.717, 1.165) is 32.8 Å². The van der Waals surface area contributed by atoms with Crippen molar-refractivity contribution in [2.24, 2.45) is 0 Å². The third kappa shape index (κ3) is 4.41. The summed E-state index contributed by atoms with van der Waals surface area (Å²) in [7, 11) is 0. The lowest BCUT2D eigenvalue weighted by Crippen LogP contribution is -2.36. The third-order valence-electron chi connectivity index (χ3n) is 3.75. The number of carbonyl (C=O) groups is 1. The maximum Gasteiger partial charge on any atom is 0.234 e. The number of benzene rings is 1. The van der Waals surface area contributed by atoms with Gasteiger partial charge in [-0.1, -0.05) is 24.6 Å². The predicted molar refractivity (Wildman–Crippen MR) is 94.7 cm³/mol. The van der Waals surface area contributed by atoms with Crippen LogP contribution in [0.2, 0.25) is 4.34 Å². The summed E-state index contributed by atoms with van der Waals surface area (Å²) in [4.78, 5) is 15.3. The summed E-state index contributed by atoms with van der Waals surface area (Å²) in [6.07, 6.45) is 0. The van der Waals surface area contributed by atoms with E-state index in [-0.39, 0.29) is 12.7 Å². The number of hydrogen-bond donors (Lipinski definition) is 1. The first kappa shape index (κ1) is 17.1. The van der Waals surface area contributed by atoms with E-state index in [1.54, 1.807) is 0 Å². The van der Waals surface area contributed by atoms with Gasteiger partial charge in [-0.15, -0.1) is 11.3 Å². The highest BCUT2D eigenvalue weighted by Crippen LogP contribution is 2.32. The first-order valence-electron chi connectivity index (χ1n) is 7.76. The number of ether oxygens (including phenoxy) is 2. The molecule has 2 aromatic rings. The van der Waals surface area contributed by atoms with E-state index in [2.05, 4.69) is 10.2 Å². The van der Waals surface area contributed by atoms with Gasteiger partial charge in [-0.05, 0) is 36.4 Å². The molecule has 128 valence electrons. The van der Waals surface area contributed by atoms with Crippen molar-refractivity contribution in [1.82, 2.24) is 10.2 Å². The molecule has 0 radical (unpaired) electrons. The van der Waals surface area contributed by atoms with E-state index in [9.17, 15) is 4.79 Å². The summed E-state index contributed by atoms with van der Waals surface area (Å²) in [5.41, 5.74) is 1.10. The predicted octanol–water partition coefficient (Wildman–Crippen LogP) is 3.27. The lowest BCUT2D eigenvalue weighted by molar-refractivity contribution is -0.122. The Kier molecular flexibility index (Phi) is 5.60. The van der Waals surface area contributed by atoms with E-state index < -0.39 is 0 Å². The molecule has 0 atom stereocenters. The van der Waals surface area contributed by atoms with E-state index in [1.165, 1.54) is 11.3 Å². The Labute approximate surface area is 150 Å². The first-order valence-corrected chi connectivity index (χ1v) is 8.95. The van der Waals surface area contributed by atoms with Gasteiger partial charge in [0.2, 0.25) is 12.7 Å². The highest BCUT2D eigenvalue weighted by Gasteiger charge is 2.15. The Morgan fingerprint density at radius 2 is 2.12 bits per heavy atom. The van der Waals surface area contributed by atoms with Crippen LogP contribution in [0.5, 0.6) is 11.5 Å². The molecule has 0 aliphatic carbocycles. The fraction of sp³-hybridized carbons (Fsp3) is 0.353. The lowest BCUT2D eigenvalue weighted by Gasteiger charge is -2.20. The molecule has 0 fully saturated rings. The van der Waals surface area contributed by atoms with Gasteiger partial charge in [0.05, 0.1) is 17.4 Å². The van der Waals surface area contributed by atoms with Crippen molar-refractivity contribution in [3.63, 3.8) is 0 Å². The van der Waals surface area contributed by atoms with Gasteiger partial charge in [-0.2, -0.15) is 0 Å². The van der Waals surface area contributed by atoms with Gasteiger partial charge in [-0.25, -0.2) is 0 Å². The van der Waals surface area contributed by atoms with Crippen LogP contribution in [-0.2, 0) is 17.9 Å². The van der Waals surface area contributed by atoms with Crippen LogP contribution in [0.1, 0.15) is 17.4 Å². The summed E-state index contributed by atoms with van der Waals surface area (Å²) in [5.74, 6) is 1.54. The number of halogens is 1. The first-order chi connectivity index (χ1) is 11.6. The van der Waals surface area contributed by atoms with Crippen molar-refractivity contribution in [2.75, 3.05) is 19.9 Å². The molecule has 1 aliphatic heterocycles. The number of fused-ring (bicyclic) bond motifs is 1. The summed E-state index contributed by atoms with van der Waals surface area (Å²) < 4.78 is 11.4. The van der Waals surface area contributed by atoms with Crippen molar-refractivity contribution < 1.29 is 14.3 Å². The van der Waals surface area contributed by atoms with Gasteiger partial charge in [0, 0.05) is 11.4 Å². The van der Waals surface area contributed by atoms with Crippen LogP contribution >= 0.6 is 22.9 Å². The average Bonchev–Trinajstić information content (AvgIpc) is 3.20. The van der Waals surface area contributed by atoms with Crippen molar-refractivity contribution in [2.45, 2.75) is 20.0 Å². The van der Waals surface area contributed by atoms with Gasteiger partial charge < -0.3 is 14.8 Å². The van der Waals surface area contributed by atoms with Crippen LogP contribution in [-0.4, -0.2) is 30.7 Å². The van der Waals surface area contributed by atoms with E-state index in [0.29, 0.717) is 19.6 Å². The largest absolute Gasteiger partial charge is 0.454 e. The quantitative estimate of drug-likeness (QED) is 0.817. The molecule has 5 nitrogen and oxygen atoms in total. The fourth-order valence-corrected chi connectivity index (χ4v) is 3.50. The standard InChI is InChI=1S/C17H19ClN2O3S/c1-2-20(9-12-3-5-14-15(7-12)23-11-22-14)10-17(21)19-8-13-4-6-16(18)24-13/h3-7H,2,8-11H2,1H3,(H,19,21). The summed E-state index contributed by atoms with van der Waals surface area (Å²) >= 11 is 7.37. The molecule has 2 heterocycles.